The molecule has 3 nitrogen and oxygen atoms in total. The first-order chi connectivity index (χ1) is 12.1. The van der Waals surface area contributed by atoms with Gasteiger partial charge in [-0.15, -0.1) is 0 Å². The molecule has 0 N–H and O–H groups in total. The second-order valence-electron chi connectivity index (χ2n) is 5.18. The minimum atomic E-state index is -1.37. The molecular formula is C20H11F2NO2. The van der Waals surface area contributed by atoms with Crippen LogP contribution < -0.4 is 4.74 Å². The fourth-order valence-electron chi connectivity index (χ4n) is 2.29. The highest BCUT2D eigenvalue weighted by Gasteiger charge is 2.18. The summed E-state index contributed by atoms with van der Waals surface area (Å²) in [4.78, 5) is 12.1. The maximum atomic E-state index is 13.8. The standard InChI is InChI=1S/C20H11F2NO2/c21-18-16(12-23)10-11-17(19(18)22)25-20(24)15-8-6-14(7-9-15)13-4-2-1-3-5-13/h1-11H. The second-order valence-corrected chi connectivity index (χ2v) is 5.18. The molecule has 5 heteroatoms. The topological polar surface area (TPSA) is 50.1 Å². The maximum absolute atomic E-state index is 13.8. The monoisotopic (exact) mass is 335 g/mol. The van der Waals surface area contributed by atoms with Crippen LogP contribution in [-0.2, 0) is 0 Å². The fourth-order valence-corrected chi connectivity index (χ4v) is 2.29. The molecular weight excluding hydrogens is 324 g/mol. The number of ether oxygens (including phenoxy) is 1. The first kappa shape index (κ1) is 16.3. The molecule has 3 rings (SSSR count). The average Bonchev–Trinajstić information content (AvgIpc) is 2.66. The molecule has 0 saturated heterocycles. The van der Waals surface area contributed by atoms with Crippen molar-refractivity contribution >= 4 is 5.97 Å². The number of esters is 1. The van der Waals surface area contributed by atoms with Gasteiger partial charge in [-0.3, -0.25) is 0 Å². The highest BCUT2D eigenvalue weighted by molar-refractivity contribution is 5.91. The van der Waals surface area contributed by atoms with Gasteiger partial charge in [0.2, 0.25) is 5.82 Å². The van der Waals surface area contributed by atoms with E-state index in [0.29, 0.717) is 0 Å². The quantitative estimate of drug-likeness (QED) is 0.514. The van der Waals surface area contributed by atoms with Crippen molar-refractivity contribution < 1.29 is 18.3 Å². The normalized spacial score (nSPS) is 10.1. The van der Waals surface area contributed by atoms with Gasteiger partial charge in [0.25, 0.3) is 0 Å². The number of hydrogen-bond donors (Lipinski definition) is 0. The number of nitriles is 1. The Kier molecular flexibility index (Phi) is 4.53. The van der Waals surface area contributed by atoms with Crippen molar-refractivity contribution in [3.63, 3.8) is 0 Å². The zero-order chi connectivity index (χ0) is 17.8. The summed E-state index contributed by atoms with van der Waals surface area (Å²) in [5.74, 6) is -4.09. The van der Waals surface area contributed by atoms with E-state index in [4.69, 9.17) is 10.00 Å². The molecule has 0 unspecified atom stereocenters. The number of halogens is 2. The van der Waals surface area contributed by atoms with Crippen LogP contribution in [0.5, 0.6) is 5.75 Å². The molecule has 0 heterocycles. The van der Waals surface area contributed by atoms with E-state index in [-0.39, 0.29) is 5.56 Å². The molecule has 25 heavy (non-hydrogen) atoms. The molecule has 0 fully saturated rings. The molecule has 0 saturated carbocycles. The number of rotatable bonds is 3. The van der Waals surface area contributed by atoms with E-state index in [1.54, 1.807) is 24.3 Å². The van der Waals surface area contributed by atoms with Crippen molar-refractivity contribution in [3.05, 3.63) is 89.5 Å². The van der Waals surface area contributed by atoms with Crippen molar-refractivity contribution in [2.45, 2.75) is 0 Å². The first-order valence-corrected chi connectivity index (χ1v) is 7.36. The predicted molar refractivity (Wildman–Crippen MR) is 87.9 cm³/mol. The molecule has 0 amide bonds. The molecule has 0 atom stereocenters. The SMILES string of the molecule is N#Cc1ccc(OC(=O)c2ccc(-c3ccccc3)cc2)c(F)c1F. The summed E-state index contributed by atoms with van der Waals surface area (Å²) in [7, 11) is 0. The Morgan fingerprint density at radius 2 is 1.48 bits per heavy atom. The third-order valence-electron chi connectivity index (χ3n) is 3.60. The molecule has 0 aliphatic rings. The molecule has 3 aromatic carbocycles. The van der Waals surface area contributed by atoms with Gasteiger partial charge < -0.3 is 4.74 Å². The van der Waals surface area contributed by atoms with Gasteiger partial charge in [-0.2, -0.15) is 9.65 Å². The molecule has 0 bridgehead atoms. The van der Waals surface area contributed by atoms with Crippen LogP contribution in [0.25, 0.3) is 11.1 Å². The van der Waals surface area contributed by atoms with Gasteiger partial charge >= 0.3 is 5.97 Å². The molecule has 0 radical (unpaired) electrons. The van der Waals surface area contributed by atoms with Crippen molar-refractivity contribution in [2.75, 3.05) is 0 Å². The summed E-state index contributed by atoms with van der Waals surface area (Å²) in [5, 5.41) is 8.65. The average molecular weight is 335 g/mol. The first-order valence-electron chi connectivity index (χ1n) is 7.36. The number of carbonyl (C=O) groups is 1. The summed E-state index contributed by atoms with van der Waals surface area (Å²) in [5.41, 5.74) is 1.64. The van der Waals surface area contributed by atoms with Crippen LogP contribution in [0.2, 0.25) is 0 Å². The van der Waals surface area contributed by atoms with Crippen LogP contribution in [0.4, 0.5) is 8.78 Å². The summed E-state index contributed by atoms with van der Waals surface area (Å²) < 4.78 is 32.3. The number of hydrogen-bond acceptors (Lipinski definition) is 3. The summed E-state index contributed by atoms with van der Waals surface area (Å²) in [6.07, 6.45) is 0. The van der Waals surface area contributed by atoms with E-state index in [1.165, 1.54) is 6.07 Å². The van der Waals surface area contributed by atoms with Gasteiger partial charge in [-0.1, -0.05) is 42.5 Å². The van der Waals surface area contributed by atoms with Crippen LogP contribution in [-0.4, -0.2) is 5.97 Å². The van der Waals surface area contributed by atoms with Crippen molar-refractivity contribution in [1.82, 2.24) is 0 Å². The maximum Gasteiger partial charge on any atom is 0.343 e. The Morgan fingerprint density at radius 1 is 0.840 bits per heavy atom. The van der Waals surface area contributed by atoms with Gasteiger partial charge in [0.1, 0.15) is 6.07 Å². The van der Waals surface area contributed by atoms with Crippen LogP contribution in [0, 0.1) is 23.0 Å². The number of nitrogens with zero attached hydrogens (tertiary/aromatic N) is 1. The molecule has 0 aromatic heterocycles. The summed E-state index contributed by atoms with van der Waals surface area (Å²) in [6.45, 7) is 0. The molecule has 0 aliphatic heterocycles. The van der Waals surface area contributed by atoms with Crippen LogP contribution >= 0.6 is 0 Å². The minimum Gasteiger partial charge on any atom is -0.420 e. The Bertz CT molecular complexity index is 961. The van der Waals surface area contributed by atoms with Crippen molar-refractivity contribution in [2.24, 2.45) is 0 Å². The number of benzene rings is 3. The summed E-state index contributed by atoms with van der Waals surface area (Å²) >= 11 is 0. The van der Waals surface area contributed by atoms with E-state index >= 15 is 0 Å². The lowest BCUT2D eigenvalue weighted by atomic mass is 10.0. The highest BCUT2D eigenvalue weighted by Crippen LogP contribution is 2.24. The Labute approximate surface area is 142 Å². The minimum absolute atomic E-state index is 0.198. The fraction of sp³-hybridized carbons (Fsp3) is 0. The lowest BCUT2D eigenvalue weighted by Gasteiger charge is -2.07. The highest BCUT2D eigenvalue weighted by atomic mass is 19.2. The number of carbonyl (C=O) groups excluding carboxylic acids is 1. The van der Waals surface area contributed by atoms with Gasteiger partial charge in [-0.25, -0.2) is 9.18 Å². The lowest BCUT2D eigenvalue weighted by Crippen LogP contribution is -2.10. The van der Waals surface area contributed by atoms with Crippen LogP contribution in [0.3, 0.4) is 0 Å². The zero-order valence-electron chi connectivity index (χ0n) is 12.9. The van der Waals surface area contributed by atoms with Gasteiger partial charge in [-0.05, 0) is 35.4 Å². The summed E-state index contributed by atoms with van der Waals surface area (Å²) in [6, 6.07) is 19.8. The molecule has 3 aromatic rings. The van der Waals surface area contributed by atoms with Crippen molar-refractivity contribution in [1.29, 1.82) is 5.26 Å². The van der Waals surface area contributed by atoms with E-state index in [0.717, 1.165) is 23.3 Å². The van der Waals surface area contributed by atoms with Crippen molar-refractivity contribution in [3.8, 4) is 22.9 Å². The molecule has 122 valence electrons. The Hall–Kier alpha value is -3.52. The third kappa shape index (κ3) is 3.38. The van der Waals surface area contributed by atoms with E-state index in [2.05, 4.69) is 0 Å². The van der Waals surface area contributed by atoms with Gasteiger partial charge in [0.05, 0.1) is 11.1 Å². The molecule has 0 spiro atoms. The Balaban J connectivity index is 1.81. The van der Waals surface area contributed by atoms with Gasteiger partial charge in [0.15, 0.2) is 11.6 Å². The van der Waals surface area contributed by atoms with Crippen LogP contribution in [0.15, 0.2) is 66.7 Å². The second kappa shape index (κ2) is 6.93. The van der Waals surface area contributed by atoms with Crippen LogP contribution in [0.1, 0.15) is 15.9 Å². The van der Waals surface area contributed by atoms with E-state index in [1.807, 2.05) is 30.3 Å². The smallest absolute Gasteiger partial charge is 0.343 e. The third-order valence-corrected chi connectivity index (χ3v) is 3.60. The zero-order valence-corrected chi connectivity index (χ0v) is 12.9. The van der Waals surface area contributed by atoms with Gasteiger partial charge in [0, 0.05) is 0 Å². The lowest BCUT2D eigenvalue weighted by molar-refractivity contribution is 0.0726. The Morgan fingerprint density at radius 3 is 2.12 bits per heavy atom. The largest absolute Gasteiger partial charge is 0.420 e. The predicted octanol–water partition coefficient (Wildman–Crippen LogP) is 4.72. The van der Waals surface area contributed by atoms with E-state index in [9.17, 15) is 13.6 Å². The molecule has 0 aliphatic carbocycles. The van der Waals surface area contributed by atoms with E-state index < -0.39 is 28.9 Å².